The van der Waals surface area contributed by atoms with Crippen LogP contribution in [0.4, 0.5) is 0 Å². The molecule has 1 unspecified atom stereocenters. The molecule has 1 saturated heterocycles. The van der Waals surface area contributed by atoms with E-state index in [2.05, 4.69) is 58.9 Å². The first-order valence-corrected chi connectivity index (χ1v) is 21.3. The van der Waals surface area contributed by atoms with E-state index in [1.165, 1.54) is 6.20 Å². The average Bonchev–Trinajstić information content (AvgIpc) is 3.87. The molecule has 1 aliphatic carbocycles. The van der Waals surface area contributed by atoms with E-state index in [0.29, 0.717) is 36.3 Å². The number of benzene rings is 2. The Morgan fingerprint density at radius 3 is 2.13 bits per heavy atom. The van der Waals surface area contributed by atoms with E-state index in [1.54, 1.807) is 52.6 Å². The molecule has 2 aromatic carbocycles. The fourth-order valence-corrected chi connectivity index (χ4v) is 9.58. The fourth-order valence-electron chi connectivity index (χ4n) is 8.77. The minimum absolute atomic E-state index is 0.0259. The third-order valence-corrected chi connectivity index (χ3v) is 12.5. The quantitative estimate of drug-likeness (QED) is 0.112. The van der Waals surface area contributed by atoms with Gasteiger partial charge in [-0.05, 0) is 90.8 Å². The van der Waals surface area contributed by atoms with Crippen LogP contribution >= 0.6 is 11.3 Å². The zero-order valence-electron chi connectivity index (χ0n) is 36.0. The van der Waals surface area contributed by atoms with E-state index in [0.717, 1.165) is 28.1 Å². The van der Waals surface area contributed by atoms with E-state index < -0.39 is 29.3 Å². The van der Waals surface area contributed by atoms with E-state index >= 15 is 0 Å². The maximum atomic E-state index is 14.0. The molecule has 1 aliphatic heterocycles. The van der Waals surface area contributed by atoms with Crippen LogP contribution in [0.2, 0.25) is 0 Å². The molecule has 0 radical (unpaired) electrons. The molecule has 2 aliphatic rings. The lowest BCUT2D eigenvalue weighted by Crippen LogP contribution is -2.63. The average molecular weight is 836 g/mol. The van der Waals surface area contributed by atoms with Crippen molar-refractivity contribution in [2.75, 3.05) is 13.1 Å². The van der Waals surface area contributed by atoms with Crippen molar-refractivity contribution in [2.45, 2.75) is 106 Å². The van der Waals surface area contributed by atoms with Crippen LogP contribution in [-0.2, 0) is 14.4 Å². The SMILES string of the molecule is Cc1ncsc1-c1ccc([C@H](C)NC(=O)[C@@H]2CCCN2C(=O)C(NC(=O)CNC(=O)c2ccc(Oc3ccc(C(=O)NC4C(C)(C)CC4(C)C)cn3)cc2)C(C)(C)C)cc1. The van der Waals surface area contributed by atoms with Crippen molar-refractivity contribution < 1.29 is 28.7 Å². The lowest BCUT2D eigenvalue weighted by Gasteiger charge is -2.57. The minimum Gasteiger partial charge on any atom is -0.439 e. The summed E-state index contributed by atoms with van der Waals surface area (Å²) in [5.41, 5.74) is 4.90. The summed E-state index contributed by atoms with van der Waals surface area (Å²) in [5.74, 6) is -1.08. The van der Waals surface area contributed by atoms with Gasteiger partial charge in [-0.3, -0.25) is 24.0 Å². The summed E-state index contributed by atoms with van der Waals surface area (Å²) in [5, 5.41) is 11.7. The summed E-state index contributed by atoms with van der Waals surface area (Å²) in [6, 6.07) is 15.8. The summed E-state index contributed by atoms with van der Waals surface area (Å²) in [6.07, 6.45) is 3.67. The maximum Gasteiger partial charge on any atom is 0.253 e. The molecule has 2 aromatic heterocycles. The summed E-state index contributed by atoms with van der Waals surface area (Å²) in [6.45, 7) is 18.1. The molecule has 1 saturated carbocycles. The number of pyridine rings is 1. The molecule has 4 N–H and O–H groups in total. The number of ether oxygens (including phenoxy) is 1. The Morgan fingerprint density at radius 1 is 0.883 bits per heavy atom. The Hall–Kier alpha value is -5.63. The van der Waals surface area contributed by atoms with Crippen molar-refractivity contribution >= 4 is 40.9 Å². The molecule has 0 spiro atoms. The second-order valence-electron chi connectivity index (χ2n) is 18.4. The molecule has 2 fully saturated rings. The first kappa shape index (κ1) is 43.9. The number of carbonyl (C=O) groups is 5. The van der Waals surface area contributed by atoms with Crippen LogP contribution in [-0.4, -0.2) is 75.6 Å². The van der Waals surface area contributed by atoms with Crippen LogP contribution in [0, 0.1) is 23.2 Å². The maximum absolute atomic E-state index is 14.0. The van der Waals surface area contributed by atoms with Crippen molar-refractivity contribution in [3.8, 4) is 22.1 Å². The molecule has 0 bridgehead atoms. The van der Waals surface area contributed by atoms with Gasteiger partial charge < -0.3 is 30.9 Å². The highest BCUT2D eigenvalue weighted by Crippen LogP contribution is 2.53. The van der Waals surface area contributed by atoms with Gasteiger partial charge in [0.25, 0.3) is 11.8 Å². The number of carbonyl (C=O) groups excluding carboxylic acids is 5. The summed E-state index contributed by atoms with van der Waals surface area (Å²) < 4.78 is 5.84. The van der Waals surface area contributed by atoms with Gasteiger partial charge in [0.15, 0.2) is 0 Å². The Labute approximate surface area is 356 Å². The van der Waals surface area contributed by atoms with E-state index in [9.17, 15) is 24.0 Å². The first-order chi connectivity index (χ1) is 28.2. The number of hydrogen-bond donors (Lipinski definition) is 4. The van der Waals surface area contributed by atoms with Crippen molar-refractivity contribution in [1.82, 2.24) is 36.1 Å². The molecule has 3 atom stereocenters. The number of aromatic nitrogens is 2. The lowest BCUT2D eigenvalue weighted by molar-refractivity contribution is -0.143. The molecule has 60 heavy (non-hydrogen) atoms. The molecule has 318 valence electrons. The fraction of sp³-hybridized carbons (Fsp3) is 0.457. The summed E-state index contributed by atoms with van der Waals surface area (Å²) in [7, 11) is 0. The number of likely N-dealkylation sites (tertiary alicyclic amines) is 1. The minimum atomic E-state index is -0.939. The van der Waals surface area contributed by atoms with Gasteiger partial charge in [-0.25, -0.2) is 9.97 Å². The van der Waals surface area contributed by atoms with E-state index in [1.807, 2.05) is 64.4 Å². The highest BCUT2D eigenvalue weighted by atomic mass is 32.1. The molecule has 3 heterocycles. The highest BCUT2D eigenvalue weighted by molar-refractivity contribution is 7.13. The van der Waals surface area contributed by atoms with Crippen LogP contribution in [0.15, 0.2) is 72.4 Å². The van der Waals surface area contributed by atoms with Crippen LogP contribution < -0.4 is 26.0 Å². The van der Waals surface area contributed by atoms with E-state index in [-0.39, 0.29) is 53.1 Å². The number of rotatable bonds is 13. The third kappa shape index (κ3) is 10.0. The Balaban J connectivity index is 0.984. The molecular weight excluding hydrogens is 779 g/mol. The predicted octanol–water partition coefficient (Wildman–Crippen LogP) is 6.99. The Kier molecular flexibility index (Phi) is 12.8. The number of aryl methyl sites for hydroxylation is 1. The summed E-state index contributed by atoms with van der Waals surface area (Å²) in [4.78, 5) is 78.1. The third-order valence-electron chi connectivity index (χ3n) is 11.5. The van der Waals surface area contributed by atoms with Crippen molar-refractivity contribution in [3.05, 3.63) is 94.8 Å². The van der Waals surface area contributed by atoms with Crippen LogP contribution in [0.1, 0.15) is 113 Å². The zero-order valence-corrected chi connectivity index (χ0v) is 36.8. The molecule has 14 heteroatoms. The van der Waals surface area contributed by atoms with Gasteiger partial charge in [0.05, 0.1) is 34.2 Å². The largest absolute Gasteiger partial charge is 0.439 e. The normalized spacial score (nSPS) is 18.1. The molecule has 13 nitrogen and oxygen atoms in total. The van der Waals surface area contributed by atoms with Gasteiger partial charge in [0, 0.05) is 30.4 Å². The van der Waals surface area contributed by atoms with Crippen molar-refractivity contribution in [1.29, 1.82) is 0 Å². The van der Waals surface area contributed by atoms with Gasteiger partial charge >= 0.3 is 0 Å². The van der Waals surface area contributed by atoms with Gasteiger partial charge in [0.1, 0.15) is 17.8 Å². The molecule has 6 rings (SSSR count). The smallest absolute Gasteiger partial charge is 0.253 e. The highest BCUT2D eigenvalue weighted by Gasteiger charge is 2.53. The number of amides is 5. The second kappa shape index (κ2) is 17.5. The van der Waals surface area contributed by atoms with Crippen LogP contribution in [0.25, 0.3) is 10.4 Å². The molecule has 4 aromatic rings. The van der Waals surface area contributed by atoms with Gasteiger partial charge in [-0.1, -0.05) is 72.7 Å². The van der Waals surface area contributed by atoms with Gasteiger partial charge in [-0.2, -0.15) is 0 Å². The van der Waals surface area contributed by atoms with Crippen molar-refractivity contribution in [2.24, 2.45) is 16.2 Å². The number of thiazole rings is 1. The Morgan fingerprint density at radius 2 is 1.55 bits per heavy atom. The van der Waals surface area contributed by atoms with Crippen molar-refractivity contribution in [3.63, 3.8) is 0 Å². The lowest BCUT2D eigenvalue weighted by atomic mass is 9.52. The molecule has 5 amide bonds. The monoisotopic (exact) mass is 835 g/mol. The van der Waals surface area contributed by atoms with E-state index in [4.69, 9.17) is 4.74 Å². The molecular formula is C46H57N7O6S. The number of hydrogen-bond acceptors (Lipinski definition) is 9. The Bertz CT molecular complexity index is 2200. The van der Waals surface area contributed by atoms with Gasteiger partial charge in [0.2, 0.25) is 23.6 Å². The van der Waals surface area contributed by atoms with Crippen LogP contribution in [0.3, 0.4) is 0 Å². The zero-order chi connectivity index (χ0) is 43.6. The van der Waals surface area contributed by atoms with Crippen LogP contribution in [0.5, 0.6) is 11.6 Å². The first-order valence-electron chi connectivity index (χ1n) is 20.5. The van der Waals surface area contributed by atoms with Gasteiger partial charge in [-0.15, -0.1) is 11.3 Å². The predicted molar refractivity (Wildman–Crippen MR) is 231 cm³/mol. The number of nitrogens with one attached hydrogen (secondary N) is 4. The number of nitrogens with zero attached hydrogens (tertiary/aromatic N) is 3. The topological polar surface area (TPSA) is 172 Å². The summed E-state index contributed by atoms with van der Waals surface area (Å²) >= 11 is 1.58. The second-order valence-corrected chi connectivity index (χ2v) is 19.3. The standard InChI is InChI=1S/C46H57N7O6S/c1-27(29-12-14-30(15-13-29)37-28(2)49-26-60-37)50-41(57)34-11-10-22-53(34)42(58)38(44(3,4)5)51-35(54)24-48-39(55)31-16-19-33(20-17-31)59-36-21-18-32(23-47-36)40(56)52-43-45(6,7)25-46(43,8)9/h12-21,23,26-27,34,38,43H,10-11,22,24-25H2,1-9H3,(H,48,55)(H,50,57)(H,51,54)(H,52,56)/t27-,34-,38?/m0/s1.